The highest BCUT2D eigenvalue weighted by Crippen LogP contribution is 2.28. The third-order valence-electron chi connectivity index (χ3n) is 4.87. The van der Waals surface area contributed by atoms with Gasteiger partial charge in [-0.05, 0) is 31.4 Å². The van der Waals surface area contributed by atoms with Gasteiger partial charge in [-0.15, -0.1) is 5.10 Å². The molecule has 0 aliphatic carbocycles. The molecular weight excluding hydrogens is 337 g/mol. The van der Waals surface area contributed by atoms with Crippen LogP contribution in [0.2, 0.25) is 0 Å². The average molecular weight is 359 g/mol. The Morgan fingerprint density at radius 1 is 1.31 bits per heavy atom. The van der Waals surface area contributed by atoms with Crippen LogP contribution >= 0.6 is 0 Å². The number of benzene rings is 1. The number of nitrogens with zero attached hydrogens (tertiary/aromatic N) is 3. The normalized spacial score (nSPS) is 16.3. The molecule has 7 nitrogen and oxygen atoms in total. The molecule has 1 atom stereocenters. The van der Waals surface area contributed by atoms with Gasteiger partial charge in [0.15, 0.2) is 0 Å². The van der Waals surface area contributed by atoms with E-state index < -0.39 is 5.92 Å². The number of likely N-dealkylation sites (tertiary alicyclic amines) is 1. The molecule has 0 spiro atoms. The van der Waals surface area contributed by atoms with Gasteiger partial charge < -0.3 is 10.2 Å². The second-order valence-electron chi connectivity index (χ2n) is 6.47. The van der Waals surface area contributed by atoms with Gasteiger partial charge in [-0.1, -0.05) is 18.2 Å². The summed E-state index contributed by atoms with van der Waals surface area (Å²) in [7, 11) is 1.53. The van der Waals surface area contributed by atoms with E-state index in [0.717, 1.165) is 12.8 Å². The Hall–Kier alpha value is -2.77. The van der Waals surface area contributed by atoms with Gasteiger partial charge in [-0.3, -0.25) is 14.7 Å². The highest BCUT2D eigenvalue weighted by Gasteiger charge is 2.30. The summed E-state index contributed by atoms with van der Waals surface area (Å²) in [5.74, 6) is -0.374. The van der Waals surface area contributed by atoms with E-state index in [-0.39, 0.29) is 29.4 Å². The molecule has 26 heavy (non-hydrogen) atoms. The summed E-state index contributed by atoms with van der Waals surface area (Å²) >= 11 is 0. The fourth-order valence-electron chi connectivity index (χ4n) is 3.28. The Bertz CT molecular complexity index is 798. The summed E-state index contributed by atoms with van der Waals surface area (Å²) in [5, 5.41) is 9.22. The van der Waals surface area contributed by atoms with Crippen molar-refractivity contribution in [3.63, 3.8) is 0 Å². The summed E-state index contributed by atoms with van der Waals surface area (Å²) in [6, 6.07) is 6.38. The average Bonchev–Trinajstić information content (AvgIpc) is 3.17. The zero-order valence-corrected chi connectivity index (χ0v) is 14.8. The van der Waals surface area contributed by atoms with Crippen molar-refractivity contribution in [3.05, 3.63) is 47.3 Å². The number of aromatic nitrogens is 3. The van der Waals surface area contributed by atoms with E-state index in [0.29, 0.717) is 24.5 Å². The maximum Gasteiger partial charge on any atom is 0.290 e. The molecule has 1 aromatic heterocycles. The number of piperidine rings is 1. The van der Waals surface area contributed by atoms with Crippen LogP contribution in [0.4, 0.5) is 4.39 Å². The van der Waals surface area contributed by atoms with E-state index in [1.807, 2.05) is 0 Å². The minimum absolute atomic E-state index is 0.0721. The van der Waals surface area contributed by atoms with E-state index in [1.54, 1.807) is 30.0 Å². The molecule has 1 unspecified atom stereocenters. The molecule has 2 N–H and O–H groups in total. The van der Waals surface area contributed by atoms with E-state index >= 15 is 0 Å². The quantitative estimate of drug-likeness (QED) is 0.871. The zero-order chi connectivity index (χ0) is 18.7. The van der Waals surface area contributed by atoms with Gasteiger partial charge >= 0.3 is 0 Å². The number of nitrogens with one attached hydrogen (secondary N) is 2. The molecule has 2 amide bonds. The molecule has 1 saturated heterocycles. The lowest BCUT2D eigenvalue weighted by Gasteiger charge is -2.33. The molecule has 0 saturated carbocycles. The van der Waals surface area contributed by atoms with Crippen LogP contribution in [-0.2, 0) is 4.79 Å². The predicted molar refractivity (Wildman–Crippen MR) is 93.1 cm³/mol. The van der Waals surface area contributed by atoms with Crippen molar-refractivity contribution in [1.82, 2.24) is 25.4 Å². The zero-order valence-electron chi connectivity index (χ0n) is 14.8. The van der Waals surface area contributed by atoms with Crippen molar-refractivity contribution < 1.29 is 14.0 Å². The summed E-state index contributed by atoms with van der Waals surface area (Å²) in [4.78, 5) is 30.2. The molecule has 2 heterocycles. The van der Waals surface area contributed by atoms with Crippen molar-refractivity contribution in [2.75, 3.05) is 20.1 Å². The van der Waals surface area contributed by atoms with Crippen LogP contribution in [0.15, 0.2) is 24.3 Å². The van der Waals surface area contributed by atoms with E-state index in [2.05, 4.69) is 20.5 Å². The van der Waals surface area contributed by atoms with E-state index in [9.17, 15) is 14.0 Å². The number of carbonyl (C=O) groups is 2. The van der Waals surface area contributed by atoms with Crippen molar-refractivity contribution in [2.24, 2.45) is 0 Å². The number of aromatic amines is 1. The number of rotatable bonds is 4. The number of halogens is 1. The number of carbonyl (C=O) groups excluding carboxylic acids is 2. The molecule has 8 heteroatoms. The first-order chi connectivity index (χ1) is 12.5. The maximum atomic E-state index is 13.9. The van der Waals surface area contributed by atoms with E-state index in [4.69, 9.17) is 0 Å². The standard InChI is InChI=1S/C18H22FN5O2/c1-11(13-5-3-4-6-14(13)19)18(26)24-9-7-12(8-10-24)15-21-16(23-22-15)17(25)20-2/h3-6,11-12H,7-10H2,1-2H3,(H,20,25)(H,21,22,23). The van der Waals surface area contributed by atoms with Crippen LogP contribution in [0.25, 0.3) is 0 Å². The number of hydrogen-bond donors (Lipinski definition) is 2. The Balaban J connectivity index is 1.61. The number of hydrogen-bond acceptors (Lipinski definition) is 4. The molecule has 1 fully saturated rings. The second kappa shape index (κ2) is 7.63. The predicted octanol–water partition coefficient (Wildman–Crippen LogP) is 1.81. The van der Waals surface area contributed by atoms with Crippen LogP contribution in [0.5, 0.6) is 0 Å². The van der Waals surface area contributed by atoms with Crippen molar-refractivity contribution in [3.8, 4) is 0 Å². The molecular formula is C18H22FN5O2. The van der Waals surface area contributed by atoms with Gasteiger partial charge in [0, 0.05) is 26.1 Å². The SMILES string of the molecule is CNC(=O)c1n[nH]c(C2CCN(C(=O)C(C)c3ccccc3F)CC2)n1. The number of H-pyrrole nitrogens is 1. The number of amides is 2. The van der Waals surface area contributed by atoms with Gasteiger partial charge in [0.05, 0.1) is 5.92 Å². The minimum atomic E-state index is -0.516. The van der Waals surface area contributed by atoms with Crippen molar-refractivity contribution in [1.29, 1.82) is 0 Å². The molecule has 2 aromatic rings. The van der Waals surface area contributed by atoms with Gasteiger partial charge in [-0.25, -0.2) is 9.37 Å². The summed E-state index contributed by atoms with van der Waals surface area (Å²) in [6.07, 6.45) is 1.44. The van der Waals surface area contributed by atoms with E-state index in [1.165, 1.54) is 13.1 Å². The third-order valence-corrected chi connectivity index (χ3v) is 4.87. The largest absolute Gasteiger partial charge is 0.352 e. The van der Waals surface area contributed by atoms with Crippen LogP contribution in [0.3, 0.4) is 0 Å². The highest BCUT2D eigenvalue weighted by molar-refractivity contribution is 5.90. The third kappa shape index (κ3) is 3.58. The van der Waals surface area contributed by atoms with Gasteiger partial charge in [0.1, 0.15) is 11.6 Å². The molecule has 1 aliphatic rings. The second-order valence-corrected chi connectivity index (χ2v) is 6.47. The minimum Gasteiger partial charge on any atom is -0.352 e. The van der Waals surface area contributed by atoms with Crippen molar-refractivity contribution in [2.45, 2.75) is 31.6 Å². The Morgan fingerprint density at radius 2 is 2.00 bits per heavy atom. The van der Waals surface area contributed by atoms with Crippen LogP contribution in [-0.4, -0.2) is 52.0 Å². The van der Waals surface area contributed by atoms with Crippen LogP contribution in [0.1, 0.15) is 53.6 Å². The lowest BCUT2D eigenvalue weighted by molar-refractivity contribution is -0.133. The smallest absolute Gasteiger partial charge is 0.290 e. The summed E-state index contributed by atoms with van der Waals surface area (Å²) in [5.41, 5.74) is 0.421. The summed E-state index contributed by atoms with van der Waals surface area (Å²) < 4.78 is 13.9. The fourth-order valence-corrected chi connectivity index (χ4v) is 3.28. The van der Waals surface area contributed by atoms with Gasteiger partial charge in [0.25, 0.3) is 5.91 Å². The van der Waals surface area contributed by atoms with Crippen LogP contribution in [0, 0.1) is 5.82 Å². The lowest BCUT2D eigenvalue weighted by atomic mass is 9.93. The van der Waals surface area contributed by atoms with Gasteiger partial charge in [-0.2, -0.15) is 0 Å². The molecule has 1 aliphatic heterocycles. The maximum absolute atomic E-state index is 13.9. The molecule has 138 valence electrons. The molecule has 3 rings (SSSR count). The molecule has 1 aromatic carbocycles. The first kappa shape index (κ1) is 18.0. The Morgan fingerprint density at radius 3 is 2.65 bits per heavy atom. The molecule has 0 radical (unpaired) electrons. The lowest BCUT2D eigenvalue weighted by Crippen LogP contribution is -2.40. The fraction of sp³-hybridized carbons (Fsp3) is 0.444. The first-order valence-electron chi connectivity index (χ1n) is 8.68. The Labute approximate surface area is 151 Å². The highest BCUT2D eigenvalue weighted by atomic mass is 19.1. The Kier molecular flexibility index (Phi) is 5.29. The monoisotopic (exact) mass is 359 g/mol. The van der Waals surface area contributed by atoms with Crippen molar-refractivity contribution >= 4 is 11.8 Å². The topological polar surface area (TPSA) is 91.0 Å². The molecule has 0 bridgehead atoms. The first-order valence-corrected chi connectivity index (χ1v) is 8.68. The van der Waals surface area contributed by atoms with Crippen LogP contribution < -0.4 is 5.32 Å². The van der Waals surface area contributed by atoms with Gasteiger partial charge in [0.2, 0.25) is 11.7 Å². The summed E-state index contributed by atoms with van der Waals surface area (Å²) in [6.45, 7) is 2.87.